The van der Waals surface area contributed by atoms with Gasteiger partial charge in [-0.1, -0.05) is 25.7 Å². The molecular formula is C11H22N2. The van der Waals surface area contributed by atoms with Crippen molar-refractivity contribution in [1.82, 2.24) is 10.2 Å². The molecule has 1 heterocycles. The summed E-state index contributed by atoms with van der Waals surface area (Å²) in [7, 11) is 2.28. The van der Waals surface area contributed by atoms with Crippen molar-refractivity contribution >= 4 is 0 Å². The first-order valence-corrected chi connectivity index (χ1v) is 5.77. The molecule has 0 radical (unpaired) electrons. The molecule has 1 N–H and O–H groups in total. The Morgan fingerprint density at radius 1 is 1.23 bits per heavy atom. The molecule has 1 aliphatic carbocycles. The first-order valence-electron chi connectivity index (χ1n) is 5.77. The molecule has 13 heavy (non-hydrogen) atoms. The molecule has 0 amide bonds. The molecule has 2 rings (SSSR count). The van der Waals surface area contributed by atoms with E-state index in [1.807, 2.05) is 0 Å². The maximum absolute atomic E-state index is 3.33. The van der Waals surface area contributed by atoms with Gasteiger partial charge in [0.2, 0.25) is 0 Å². The fourth-order valence-electron chi connectivity index (χ4n) is 2.45. The Bertz CT molecular complexity index is 148. The van der Waals surface area contributed by atoms with Crippen molar-refractivity contribution in [2.75, 3.05) is 26.7 Å². The van der Waals surface area contributed by atoms with Gasteiger partial charge in [0.15, 0.2) is 0 Å². The van der Waals surface area contributed by atoms with Crippen molar-refractivity contribution in [2.24, 2.45) is 5.92 Å². The molecule has 0 bridgehead atoms. The molecule has 1 saturated carbocycles. The van der Waals surface area contributed by atoms with E-state index in [0.29, 0.717) is 0 Å². The van der Waals surface area contributed by atoms with Crippen LogP contribution in [0.1, 0.15) is 32.1 Å². The van der Waals surface area contributed by atoms with Crippen LogP contribution in [0.2, 0.25) is 0 Å². The van der Waals surface area contributed by atoms with Gasteiger partial charge in [0.05, 0.1) is 0 Å². The van der Waals surface area contributed by atoms with E-state index in [0.717, 1.165) is 12.0 Å². The van der Waals surface area contributed by atoms with Crippen LogP contribution in [0, 0.1) is 5.92 Å². The topological polar surface area (TPSA) is 15.3 Å². The minimum atomic E-state index is 0.835. The Kier molecular flexibility index (Phi) is 3.23. The highest BCUT2D eigenvalue weighted by molar-refractivity contribution is 4.83. The molecule has 0 unspecified atom stereocenters. The molecule has 0 aromatic rings. The molecule has 1 saturated heterocycles. The Morgan fingerprint density at radius 2 is 1.92 bits per heavy atom. The Balaban J connectivity index is 1.60. The van der Waals surface area contributed by atoms with Gasteiger partial charge in [-0.15, -0.1) is 0 Å². The van der Waals surface area contributed by atoms with Gasteiger partial charge in [0, 0.05) is 19.1 Å². The van der Waals surface area contributed by atoms with E-state index in [1.54, 1.807) is 0 Å². The molecule has 76 valence electrons. The molecule has 2 fully saturated rings. The van der Waals surface area contributed by atoms with Gasteiger partial charge in [0.25, 0.3) is 0 Å². The molecule has 0 aromatic heterocycles. The Hall–Kier alpha value is -0.0800. The van der Waals surface area contributed by atoms with Gasteiger partial charge >= 0.3 is 0 Å². The number of nitrogens with one attached hydrogen (secondary N) is 1. The van der Waals surface area contributed by atoms with Crippen molar-refractivity contribution in [3.63, 3.8) is 0 Å². The lowest BCUT2D eigenvalue weighted by atomic mass is 10.0. The van der Waals surface area contributed by atoms with E-state index in [2.05, 4.69) is 17.3 Å². The van der Waals surface area contributed by atoms with E-state index in [1.165, 1.54) is 51.7 Å². The van der Waals surface area contributed by atoms with Crippen LogP contribution >= 0.6 is 0 Å². The van der Waals surface area contributed by atoms with Crippen LogP contribution in [-0.2, 0) is 0 Å². The predicted molar refractivity (Wildman–Crippen MR) is 55.9 cm³/mol. The Morgan fingerprint density at radius 3 is 2.46 bits per heavy atom. The van der Waals surface area contributed by atoms with Crippen LogP contribution in [0.4, 0.5) is 0 Å². The molecule has 0 atom stereocenters. The second kappa shape index (κ2) is 4.43. The number of rotatable bonds is 4. The van der Waals surface area contributed by atoms with Gasteiger partial charge in [-0.2, -0.15) is 0 Å². The number of likely N-dealkylation sites (N-methyl/N-ethyl adjacent to an activating group) is 1. The van der Waals surface area contributed by atoms with Crippen LogP contribution in [-0.4, -0.2) is 37.6 Å². The highest BCUT2D eigenvalue weighted by atomic mass is 15.2. The minimum Gasteiger partial charge on any atom is -0.314 e. The second-order valence-corrected chi connectivity index (χ2v) is 4.73. The molecule has 2 nitrogen and oxygen atoms in total. The van der Waals surface area contributed by atoms with Crippen molar-refractivity contribution in [1.29, 1.82) is 0 Å². The SMILES string of the molecule is CN(CCC1CCCC1)C1CNC1. The van der Waals surface area contributed by atoms with Crippen LogP contribution in [0.15, 0.2) is 0 Å². The maximum atomic E-state index is 3.33. The Labute approximate surface area is 81.7 Å². The predicted octanol–water partition coefficient (Wildman–Crippen LogP) is 1.47. The summed E-state index contributed by atoms with van der Waals surface area (Å²) in [4.78, 5) is 2.54. The lowest BCUT2D eigenvalue weighted by molar-refractivity contribution is 0.170. The molecular weight excluding hydrogens is 160 g/mol. The first kappa shape index (κ1) is 9.47. The number of hydrogen-bond donors (Lipinski definition) is 1. The van der Waals surface area contributed by atoms with Gasteiger partial charge in [0.1, 0.15) is 0 Å². The number of hydrogen-bond acceptors (Lipinski definition) is 2. The fourth-order valence-corrected chi connectivity index (χ4v) is 2.45. The highest BCUT2D eigenvalue weighted by Gasteiger charge is 2.22. The van der Waals surface area contributed by atoms with Crippen molar-refractivity contribution in [3.05, 3.63) is 0 Å². The summed E-state index contributed by atoms with van der Waals surface area (Å²) in [6.07, 6.45) is 7.40. The van der Waals surface area contributed by atoms with Crippen molar-refractivity contribution in [2.45, 2.75) is 38.1 Å². The standard InChI is InChI=1S/C11H22N2/c1-13(11-8-12-9-11)7-6-10-4-2-3-5-10/h10-12H,2-9H2,1H3. The van der Waals surface area contributed by atoms with Crippen molar-refractivity contribution < 1.29 is 0 Å². The smallest absolute Gasteiger partial charge is 0.0342 e. The third-order valence-corrected chi connectivity index (χ3v) is 3.75. The lowest BCUT2D eigenvalue weighted by Gasteiger charge is -2.36. The monoisotopic (exact) mass is 182 g/mol. The van der Waals surface area contributed by atoms with E-state index in [-0.39, 0.29) is 0 Å². The summed E-state index contributed by atoms with van der Waals surface area (Å²) in [5.41, 5.74) is 0. The minimum absolute atomic E-state index is 0.835. The summed E-state index contributed by atoms with van der Waals surface area (Å²) >= 11 is 0. The molecule has 0 spiro atoms. The van der Waals surface area contributed by atoms with Crippen LogP contribution < -0.4 is 5.32 Å². The zero-order valence-electron chi connectivity index (χ0n) is 8.76. The molecule has 0 aromatic carbocycles. The van der Waals surface area contributed by atoms with Gasteiger partial charge < -0.3 is 10.2 Å². The lowest BCUT2D eigenvalue weighted by Crippen LogP contribution is -2.56. The third kappa shape index (κ3) is 2.44. The zero-order valence-corrected chi connectivity index (χ0v) is 8.76. The summed E-state index contributed by atoms with van der Waals surface area (Å²) < 4.78 is 0. The summed E-state index contributed by atoms with van der Waals surface area (Å²) in [6, 6.07) is 0.835. The average Bonchev–Trinajstić information content (AvgIpc) is 2.49. The quantitative estimate of drug-likeness (QED) is 0.708. The maximum Gasteiger partial charge on any atom is 0.0342 e. The summed E-state index contributed by atoms with van der Waals surface area (Å²) in [5, 5.41) is 3.33. The first-order chi connectivity index (χ1) is 6.36. The third-order valence-electron chi connectivity index (χ3n) is 3.75. The number of nitrogens with zero attached hydrogens (tertiary/aromatic N) is 1. The van der Waals surface area contributed by atoms with Crippen LogP contribution in [0.5, 0.6) is 0 Å². The van der Waals surface area contributed by atoms with Crippen LogP contribution in [0.25, 0.3) is 0 Å². The van der Waals surface area contributed by atoms with Crippen molar-refractivity contribution in [3.8, 4) is 0 Å². The average molecular weight is 182 g/mol. The molecule has 2 aliphatic rings. The van der Waals surface area contributed by atoms with Crippen LogP contribution in [0.3, 0.4) is 0 Å². The second-order valence-electron chi connectivity index (χ2n) is 4.73. The van der Waals surface area contributed by atoms with Gasteiger partial charge in [-0.25, -0.2) is 0 Å². The highest BCUT2D eigenvalue weighted by Crippen LogP contribution is 2.27. The van der Waals surface area contributed by atoms with Gasteiger partial charge in [-0.05, 0) is 25.9 Å². The van der Waals surface area contributed by atoms with E-state index < -0.39 is 0 Å². The largest absolute Gasteiger partial charge is 0.314 e. The summed E-state index contributed by atoms with van der Waals surface area (Å²) in [5.74, 6) is 1.05. The molecule has 1 aliphatic heterocycles. The normalized spacial score (nSPS) is 25.4. The van der Waals surface area contributed by atoms with Gasteiger partial charge in [-0.3, -0.25) is 0 Å². The fraction of sp³-hybridized carbons (Fsp3) is 1.00. The van der Waals surface area contributed by atoms with E-state index in [4.69, 9.17) is 0 Å². The molecule has 2 heteroatoms. The van der Waals surface area contributed by atoms with E-state index >= 15 is 0 Å². The zero-order chi connectivity index (χ0) is 9.10. The summed E-state index contributed by atoms with van der Waals surface area (Å²) in [6.45, 7) is 3.74. The van der Waals surface area contributed by atoms with E-state index in [9.17, 15) is 0 Å².